The molecule has 0 aliphatic carbocycles. The van der Waals surface area contributed by atoms with Crippen LogP contribution in [-0.2, 0) is 0 Å². The van der Waals surface area contributed by atoms with Crippen molar-refractivity contribution in [2.75, 3.05) is 5.32 Å². The van der Waals surface area contributed by atoms with Crippen molar-refractivity contribution in [3.05, 3.63) is 41.9 Å². The molecule has 2 nitrogen and oxygen atoms in total. The van der Waals surface area contributed by atoms with Gasteiger partial charge in [0.05, 0.1) is 10.7 Å². The predicted molar refractivity (Wildman–Crippen MR) is 70.5 cm³/mol. The van der Waals surface area contributed by atoms with Crippen LogP contribution in [0.5, 0.6) is 0 Å². The molecule has 0 radical (unpaired) electrons. The Morgan fingerprint density at radius 2 is 2.20 bits per heavy atom. The average Bonchev–Trinajstić information content (AvgIpc) is 2.21. The highest BCUT2D eigenvalue weighted by Crippen LogP contribution is 2.20. The minimum Gasteiger partial charge on any atom is -0.357 e. The normalized spacial score (nSPS) is 11.6. The summed E-state index contributed by atoms with van der Waals surface area (Å²) in [6.45, 7) is 5.63. The molecule has 0 fully saturated rings. The number of thiocarbonyl (C=S) groups is 1. The van der Waals surface area contributed by atoms with Crippen LogP contribution in [0.4, 0.5) is 5.69 Å². The van der Waals surface area contributed by atoms with Gasteiger partial charge in [0.25, 0.3) is 0 Å². The van der Waals surface area contributed by atoms with Crippen LogP contribution in [0.2, 0.25) is 5.02 Å². The maximum Gasteiger partial charge on any atom is 0.171 e. The molecule has 0 heterocycles. The van der Waals surface area contributed by atoms with Crippen molar-refractivity contribution >= 4 is 34.6 Å². The van der Waals surface area contributed by atoms with Gasteiger partial charge >= 0.3 is 0 Å². The van der Waals surface area contributed by atoms with Crippen LogP contribution in [0, 0.1) is 0 Å². The molecule has 2 N–H and O–H groups in total. The Morgan fingerprint density at radius 3 is 2.80 bits per heavy atom. The summed E-state index contributed by atoms with van der Waals surface area (Å²) in [5.74, 6) is 0. The molecule has 1 unspecified atom stereocenters. The summed E-state index contributed by atoms with van der Waals surface area (Å²) in [6, 6.07) is 7.58. The van der Waals surface area contributed by atoms with Crippen molar-refractivity contribution < 1.29 is 0 Å². The Balaban J connectivity index is 2.59. The van der Waals surface area contributed by atoms with Gasteiger partial charge in [-0.2, -0.15) is 0 Å². The summed E-state index contributed by atoms with van der Waals surface area (Å²) in [7, 11) is 0. The minimum atomic E-state index is 0.132. The Kier molecular flexibility index (Phi) is 4.59. The molecule has 0 bridgehead atoms. The first kappa shape index (κ1) is 12.0. The first-order valence-electron chi connectivity index (χ1n) is 4.58. The van der Waals surface area contributed by atoms with Crippen molar-refractivity contribution in [2.45, 2.75) is 13.0 Å². The second-order valence-corrected chi connectivity index (χ2v) is 3.92. The molecule has 0 aromatic heterocycles. The zero-order chi connectivity index (χ0) is 11.3. The van der Waals surface area contributed by atoms with Gasteiger partial charge in [-0.3, -0.25) is 0 Å². The fourth-order valence-corrected chi connectivity index (χ4v) is 1.47. The van der Waals surface area contributed by atoms with Gasteiger partial charge in [0.15, 0.2) is 5.11 Å². The topological polar surface area (TPSA) is 24.1 Å². The number of anilines is 1. The molecule has 0 aliphatic heterocycles. The standard InChI is InChI=1S/C11H13ClN2S/c1-3-8(2)13-11(15)14-10-7-5-4-6-9(10)12/h3-8H,1H2,2H3,(H2,13,14,15). The third-order valence-electron chi connectivity index (χ3n) is 1.83. The lowest BCUT2D eigenvalue weighted by Crippen LogP contribution is -2.34. The van der Waals surface area contributed by atoms with E-state index in [0.29, 0.717) is 10.1 Å². The van der Waals surface area contributed by atoms with Gasteiger partial charge in [-0.25, -0.2) is 0 Å². The number of halogens is 1. The first-order valence-corrected chi connectivity index (χ1v) is 5.36. The molecule has 1 atom stereocenters. The first-order chi connectivity index (χ1) is 7.13. The SMILES string of the molecule is C=CC(C)NC(=S)Nc1ccccc1Cl. The van der Waals surface area contributed by atoms with E-state index in [9.17, 15) is 0 Å². The predicted octanol–water partition coefficient (Wildman–Crippen LogP) is 3.20. The summed E-state index contributed by atoms with van der Waals surface area (Å²) < 4.78 is 0. The maximum atomic E-state index is 5.97. The van der Waals surface area contributed by atoms with Crippen LogP contribution in [-0.4, -0.2) is 11.2 Å². The fraction of sp³-hybridized carbons (Fsp3) is 0.182. The Morgan fingerprint density at radius 1 is 1.53 bits per heavy atom. The van der Waals surface area contributed by atoms with Gasteiger partial charge in [0.2, 0.25) is 0 Å². The average molecular weight is 241 g/mol. The Hall–Kier alpha value is -1.06. The molecule has 0 spiro atoms. The Bertz CT molecular complexity index is 365. The number of nitrogens with one attached hydrogen (secondary N) is 2. The van der Waals surface area contributed by atoms with E-state index in [1.165, 1.54) is 0 Å². The lowest BCUT2D eigenvalue weighted by atomic mass is 10.3. The van der Waals surface area contributed by atoms with Gasteiger partial charge in [0.1, 0.15) is 0 Å². The third kappa shape index (κ3) is 3.90. The summed E-state index contributed by atoms with van der Waals surface area (Å²) in [5, 5.41) is 7.25. The summed E-state index contributed by atoms with van der Waals surface area (Å²) in [4.78, 5) is 0. The van der Waals surface area contributed by atoms with Crippen molar-refractivity contribution in [1.29, 1.82) is 0 Å². The van der Waals surface area contributed by atoms with Gasteiger partial charge in [-0.15, -0.1) is 6.58 Å². The quantitative estimate of drug-likeness (QED) is 0.627. The molecule has 0 saturated carbocycles. The zero-order valence-electron chi connectivity index (χ0n) is 8.46. The molecular weight excluding hydrogens is 228 g/mol. The van der Waals surface area contributed by atoms with E-state index in [-0.39, 0.29) is 6.04 Å². The largest absolute Gasteiger partial charge is 0.357 e. The van der Waals surface area contributed by atoms with Gasteiger partial charge in [-0.1, -0.05) is 29.8 Å². The van der Waals surface area contributed by atoms with E-state index in [1.54, 1.807) is 6.08 Å². The third-order valence-corrected chi connectivity index (χ3v) is 2.38. The van der Waals surface area contributed by atoms with Gasteiger partial charge in [0, 0.05) is 6.04 Å². The summed E-state index contributed by atoms with van der Waals surface area (Å²) >= 11 is 11.1. The van der Waals surface area contributed by atoms with Crippen molar-refractivity contribution in [1.82, 2.24) is 5.32 Å². The van der Waals surface area contributed by atoms with Crippen LogP contribution in [0.1, 0.15) is 6.92 Å². The van der Waals surface area contributed by atoms with Gasteiger partial charge in [-0.05, 0) is 31.3 Å². The van der Waals surface area contributed by atoms with E-state index < -0.39 is 0 Å². The molecule has 0 aliphatic rings. The molecule has 1 aromatic rings. The van der Waals surface area contributed by atoms with E-state index in [4.69, 9.17) is 23.8 Å². The van der Waals surface area contributed by atoms with Crippen molar-refractivity contribution in [3.63, 3.8) is 0 Å². The molecule has 15 heavy (non-hydrogen) atoms. The van der Waals surface area contributed by atoms with E-state index in [1.807, 2.05) is 31.2 Å². The van der Waals surface area contributed by atoms with Crippen LogP contribution in [0.15, 0.2) is 36.9 Å². The highest BCUT2D eigenvalue weighted by Gasteiger charge is 2.02. The minimum absolute atomic E-state index is 0.132. The summed E-state index contributed by atoms with van der Waals surface area (Å²) in [5.41, 5.74) is 0.799. The lowest BCUT2D eigenvalue weighted by Gasteiger charge is -2.14. The van der Waals surface area contributed by atoms with Crippen molar-refractivity contribution in [2.24, 2.45) is 0 Å². The van der Waals surface area contributed by atoms with Crippen LogP contribution in [0.25, 0.3) is 0 Å². The fourth-order valence-electron chi connectivity index (χ4n) is 0.987. The van der Waals surface area contributed by atoms with Crippen molar-refractivity contribution in [3.8, 4) is 0 Å². The van der Waals surface area contributed by atoms with E-state index >= 15 is 0 Å². The molecule has 0 saturated heterocycles. The second-order valence-electron chi connectivity index (χ2n) is 3.10. The smallest absolute Gasteiger partial charge is 0.171 e. The lowest BCUT2D eigenvalue weighted by molar-refractivity contribution is 0.815. The number of benzene rings is 1. The van der Waals surface area contributed by atoms with Crippen LogP contribution < -0.4 is 10.6 Å². The van der Waals surface area contributed by atoms with Crippen LogP contribution >= 0.6 is 23.8 Å². The molecule has 1 aromatic carbocycles. The van der Waals surface area contributed by atoms with E-state index in [0.717, 1.165) is 5.69 Å². The number of hydrogen-bond acceptors (Lipinski definition) is 1. The molecule has 4 heteroatoms. The number of para-hydroxylation sites is 1. The highest BCUT2D eigenvalue weighted by molar-refractivity contribution is 7.80. The van der Waals surface area contributed by atoms with E-state index in [2.05, 4.69) is 17.2 Å². The monoisotopic (exact) mass is 240 g/mol. The molecule has 0 amide bonds. The van der Waals surface area contributed by atoms with Gasteiger partial charge < -0.3 is 10.6 Å². The molecular formula is C11H13ClN2S. The number of rotatable bonds is 3. The Labute approximate surface area is 100 Å². The summed E-state index contributed by atoms with van der Waals surface area (Å²) in [6.07, 6.45) is 1.78. The zero-order valence-corrected chi connectivity index (χ0v) is 10.0. The molecule has 1 rings (SSSR count). The highest BCUT2D eigenvalue weighted by atomic mass is 35.5. The molecule has 80 valence electrons. The maximum absolute atomic E-state index is 5.97. The second kappa shape index (κ2) is 5.73. The number of hydrogen-bond donors (Lipinski definition) is 2. The van der Waals surface area contributed by atoms with Crippen LogP contribution in [0.3, 0.4) is 0 Å².